The monoisotopic (exact) mass is 579 g/mol. The number of ether oxygens (including phenoxy) is 3. The number of carbonyl (C=O) groups excluding carboxylic acids is 1. The highest BCUT2D eigenvalue weighted by Crippen LogP contribution is 2.50. The molecule has 0 saturated carbocycles. The highest BCUT2D eigenvalue weighted by atomic mass is 32.1. The first-order chi connectivity index (χ1) is 19.1. The summed E-state index contributed by atoms with van der Waals surface area (Å²) in [5.74, 6) is 1.25. The Labute approximate surface area is 243 Å². The standard InChI is InChI=1S/C31H37N3O4S2/c1-8-36-21-15-18(16-22(37-9-2)25(21)38-10-3)27(35)33-29-24(28-32-20-13-11-12-14-23(20)39-28)19-17-30(4,5)34-31(6,7)26(19)40-29/h11-16,34H,8-10,17H2,1-7H3,(H,33,35). The molecule has 40 heavy (non-hydrogen) atoms. The SMILES string of the molecule is CCOc1cc(C(=O)Nc2sc3c(c2-c2nc4ccccc4s2)CC(C)(C)NC3(C)C)cc(OCC)c1OCC. The highest BCUT2D eigenvalue weighted by molar-refractivity contribution is 7.23. The van der Waals surface area contributed by atoms with Crippen LogP contribution in [0.4, 0.5) is 5.00 Å². The molecular weight excluding hydrogens is 542 g/mol. The van der Waals surface area contributed by atoms with Gasteiger partial charge in [0.1, 0.15) is 10.0 Å². The molecule has 0 spiro atoms. The van der Waals surface area contributed by atoms with Crippen LogP contribution in [0.1, 0.15) is 69.3 Å². The molecule has 0 aliphatic carbocycles. The van der Waals surface area contributed by atoms with Crippen LogP contribution < -0.4 is 24.8 Å². The fourth-order valence-corrected chi connectivity index (χ4v) is 7.90. The van der Waals surface area contributed by atoms with Crippen LogP contribution >= 0.6 is 22.7 Å². The zero-order chi connectivity index (χ0) is 28.7. The van der Waals surface area contributed by atoms with Crippen molar-refractivity contribution in [2.24, 2.45) is 0 Å². The molecule has 2 aromatic carbocycles. The lowest BCUT2D eigenvalue weighted by Crippen LogP contribution is -2.54. The maximum atomic E-state index is 13.9. The van der Waals surface area contributed by atoms with Crippen LogP contribution in [0.15, 0.2) is 36.4 Å². The maximum absolute atomic E-state index is 13.9. The molecule has 9 heteroatoms. The topological polar surface area (TPSA) is 81.7 Å². The molecule has 3 heterocycles. The minimum Gasteiger partial charge on any atom is -0.490 e. The quantitative estimate of drug-likeness (QED) is 0.212. The van der Waals surface area contributed by atoms with Gasteiger partial charge in [-0.05, 0) is 84.7 Å². The van der Waals surface area contributed by atoms with E-state index in [2.05, 4.69) is 44.4 Å². The Kier molecular flexibility index (Phi) is 7.83. The zero-order valence-electron chi connectivity index (χ0n) is 24.2. The molecule has 0 bridgehead atoms. The number of rotatable bonds is 9. The Hall–Kier alpha value is -3.14. The predicted octanol–water partition coefficient (Wildman–Crippen LogP) is 7.63. The summed E-state index contributed by atoms with van der Waals surface area (Å²) in [4.78, 5) is 20.1. The second-order valence-corrected chi connectivity index (χ2v) is 13.0. The van der Waals surface area contributed by atoms with Gasteiger partial charge in [-0.25, -0.2) is 4.98 Å². The highest BCUT2D eigenvalue weighted by Gasteiger charge is 2.41. The Balaban J connectivity index is 1.62. The minimum atomic E-state index is -0.264. The number of amides is 1. The molecule has 0 atom stereocenters. The van der Waals surface area contributed by atoms with Crippen LogP contribution in [0, 0.1) is 0 Å². The van der Waals surface area contributed by atoms with E-state index in [1.54, 1.807) is 34.8 Å². The third-order valence-electron chi connectivity index (χ3n) is 6.75. The third-order valence-corrected chi connectivity index (χ3v) is 9.28. The molecule has 2 N–H and O–H groups in total. The van der Waals surface area contributed by atoms with Crippen LogP contribution in [-0.4, -0.2) is 36.3 Å². The van der Waals surface area contributed by atoms with Gasteiger partial charge in [0.05, 0.1) is 30.0 Å². The van der Waals surface area contributed by atoms with Gasteiger partial charge >= 0.3 is 0 Å². The first-order valence-electron chi connectivity index (χ1n) is 13.8. The molecule has 0 fully saturated rings. The fraction of sp³-hybridized carbons (Fsp3) is 0.419. The van der Waals surface area contributed by atoms with E-state index in [1.807, 2.05) is 39.0 Å². The summed E-state index contributed by atoms with van der Waals surface area (Å²) in [6.45, 7) is 15.9. The van der Waals surface area contributed by atoms with Crippen molar-refractivity contribution in [3.63, 3.8) is 0 Å². The first-order valence-corrected chi connectivity index (χ1v) is 15.4. The summed E-state index contributed by atoms with van der Waals surface area (Å²) in [7, 11) is 0. The number of thiophene rings is 1. The summed E-state index contributed by atoms with van der Waals surface area (Å²) >= 11 is 3.28. The van der Waals surface area contributed by atoms with E-state index in [0.29, 0.717) is 42.6 Å². The van der Waals surface area contributed by atoms with Crippen molar-refractivity contribution in [1.82, 2.24) is 10.3 Å². The molecule has 1 aliphatic rings. The lowest BCUT2D eigenvalue weighted by molar-refractivity contribution is 0.102. The second-order valence-electron chi connectivity index (χ2n) is 11.0. The number of carbonyl (C=O) groups is 1. The molecule has 1 aliphatic heterocycles. The number of hydrogen-bond donors (Lipinski definition) is 2. The number of aromatic nitrogens is 1. The smallest absolute Gasteiger partial charge is 0.256 e. The first kappa shape index (κ1) is 28.4. The van der Waals surface area contributed by atoms with E-state index in [0.717, 1.165) is 32.2 Å². The summed E-state index contributed by atoms with van der Waals surface area (Å²) < 4.78 is 18.7. The van der Waals surface area contributed by atoms with Gasteiger partial charge in [0.15, 0.2) is 11.5 Å². The lowest BCUT2D eigenvalue weighted by Gasteiger charge is -2.42. The lowest BCUT2D eigenvalue weighted by atomic mass is 9.81. The average Bonchev–Trinajstić information content (AvgIpc) is 3.46. The van der Waals surface area contributed by atoms with E-state index in [1.165, 1.54) is 10.4 Å². The van der Waals surface area contributed by atoms with Crippen LogP contribution in [-0.2, 0) is 12.0 Å². The normalized spacial score (nSPS) is 15.5. The van der Waals surface area contributed by atoms with E-state index in [4.69, 9.17) is 19.2 Å². The van der Waals surface area contributed by atoms with E-state index in [9.17, 15) is 4.79 Å². The number of thiazole rings is 1. The molecule has 0 unspecified atom stereocenters. The summed E-state index contributed by atoms with van der Waals surface area (Å²) in [6.07, 6.45) is 0.829. The van der Waals surface area contributed by atoms with Gasteiger partial charge in [-0.2, -0.15) is 0 Å². The molecule has 0 saturated heterocycles. The second kappa shape index (κ2) is 11.0. The average molecular weight is 580 g/mol. The van der Waals surface area contributed by atoms with Crippen molar-refractivity contribution in [1.29, 1.82) is 0 Å². The molecule has 0 radical (unpaired) electrons. The fourth-order valence-electron chi connectivity index (χ4n) is 5.52. The number of para-hydroxylation sites is 1. The maximum Gasteiger partial charge on any atom is 0.256 e. The van der Waals surface area contributed by atoms with Gasteiger partial charge in [-0.15, -0.1) is 22.7 Å². The third kappa shape index (κ3) is 5.42. The Morgan fingerprint density at radius 3 is 2.25 bits per heavy atom. The van der Waals surface area contributed by atoms with E-state index < -0.39 is 0 Å². The number of anilines is 1. The minimum absolute atomic E-state index is 0.113. The van der Waals surface area contributed by atoms with Crippen LogP contribution in [0.25, 0.3) is 20.8 Å². The Morgan fingerprint density at radius 2 is 1.62 bits per heavy atom. The van der Waals surface area contributed by atoms with Crippen molar-refractivity contribution in [2.75, 3.05) is 25.1 Å². The molecule has 5 rings (SSSR count). The number of benzene rings is 2. The van der Waals surface area contributed by atoms with Crippen LogP contribution in [0.2, 0.25) is 0 Å². The summed E-state index contributed by atoms with van der Waals surface area (Å²) in [5, 5.41) is 8.75. The van der Waals surface area contributed by atoms with Crippen molar-refractivity contribution >= 4 is 43.8 Å². The molecule has 4 aromatic rings. The Bertz CT molecular complexity index is 1490. The summed E-state index contributed by atoms with van der Waals surface area (Å²) in [6, 6.07) is 11.6. The number of nitrogens with zero attached hydrogens (tertiary/aromatic N) is 1. The number of nitrogens with one attached hydrogen (secondary N) is 2. The molecule has 7 nitrogen and oxygen atoms in total. The molecule has 1 amide bonds. The largest absolute Gasteiger partial charge is 0.490 e. The summed E-state index contributed by atoms with van der Waals surface area (Å²) in [5.41, 5.74) is 3.27. The van der Waals surface area contributed by atoms with Crippen LogP contribution in [0.5, 0.6) is 17.2 Å². The van der Waals surface area contributed by atoms with Gasteiger partial charge in [0.2, 0.25) is 5.75 Å². The zero-order valence-corrected chi connectivity index (χ0v) is 25.8. The van der Waals surface area contributed by atoms with Crippen molar-refractivity contribution in [3.8, 4) is 27.8 Å². The van der Waals surface area contributed by atoms with Crippen LogP contribution in [0.3, 0.4) is 0 Å². The molecular formula is C31H37N3O4S2. The predicted molar refractivity (Wildman–Crippen MR) is 165 cm³/mol. The molecule has 212 valence electrons. The van der Waals surface area contributed by atoms with Crippen molar-refractivity contribution in [3.05, 3.63) is 52.4 Å². The van der Waals surface area contributed by atoms with Gasteiger partial charge in [0, 0.05) is 27.1 Å². The molecule has 2 aromatic heterocycles. The van der Waals surface area contributed by atoms with Gasteiger partial charge in [-0.3, -0.25) is 4.79 Å². The van der Waals surface area contributed by atoms with E-state index in [-0.39, 0.29) is 17.0 Å². The van der Waals surface area contributed by atoms with Crippen molar-refractivity contribution < 1.29 is 19.0 Å². The van der Waals surface area contributed by atoms with Gasteiger partial charge < -0.3 is 24.8 Å². The van der Waals surface area contributed by atoms with Crippen molar-refractivity contribution in [2.45, 2.75) is 66.0 Å². The van der Waals surface area contributed by atoms with Gasteiger partial charge in [0.25, 0.3) is 5.91 Å². The number of hydrogen-bond acceptors (Lipinski definition) is 8. The van der Waals surface area contributed by atoms with Gasteiger partial charge in [-0.1, -0.05) is 12.1 Å². The van der Waals surface area contributed by atoms with E-state index >= 15 is 0 Å². The number of fused-ring (bicyclic) bond motifs is 2. The Morgan fingerprint density at radius 1 is 0.975 bits per heavy atom.